The fourth-order valence-corrected chi connectivity index (χ4v) is 2.62. The van der Waals surface area contributed by atoms with Crippen LogP contribution < -0.4 is 5.32 Å². The largest absolute Gasteiger partial charge is 0.481 e. The Balaban J connectivity index is 2.46. The molecule has 3 N–H and O–H groups in total. The number of nitrogens with one attached hydrogen (secondary N) is 1. The van der Waals surface area contributed by atoms with Crippen LogP contribution in [0.5, 0.6) is 0 Å². The van der Waals surface area contributed by atoms with E-state index in [1.54, 1.807) is 0 Å². The van der Waals surface area contributed by atoms with Crippen LogP contribution in [0.2, 0.25) is 0 Å². The standard InChI is InChI=1S/C13H23NO4/c1-2-9-7-10(11(8-9)13(17)18)12(16)14-5-3-4-6-15/h9-11,15H,2-8H2,1H3,(H,14,16)(H,17,18)/t9?,10-,11+/m0/s1. The van der Waals surface area contributed by atoms with Gasteiger partial charge in [-0.05, 0) is 31.6 Å². The maximum Gasteiger partial charge on any atom is 0.307 e. The van der Waals surface area contributed by atoms with Crippen molar-refractivity contribution >= 4 is 11.9 Å². The van der Waals surface area contributed by atoms with Crippen LogP contribution in [0.15, 0.2) is 0 Å². The maximum absolute atomic E-state index is 11.9. The topological polar surface area (TPSA) is 86.6 Å². The average Bonchev–Trinajstić information content (AvgIpc) is 2.78. The molecule has 1 unspecified atom stereocenters. The number of rotatable bonds is 7. The van der Waals surface area contributed by atoms with Gasteiger partial charge < -0.3 is 15.5 Å². The molecule has 1 rings (SSSR count). The Morgan fingerprint density at radius 3 is 2.44 bits per heavy atom. The van der Waals surface area contributed by atoms with Gasteiger partial charge in [-0.2, -0.15) is 0 Å². The fourth-order valence-electron chi connectivity index (χ4n) is 2.62. The van der Waals surface area contributed by atoms with Crippen molar-refractivity contribution in [3.63, 3.8) is 0 Å². The molecule has 18 heavy (non-hydrogen) atoms. The molecule has 1 amide bonds. The SMILES string of the molecule is CCC1C[C@H](C(=O)NCCCCO)[C@H](C(=O)O)C1. The highest BCUT2D eigenvalue weighted by atomic mass is 16.4. The second-order valence-electron chi connectivity index (χ2n) is 5.02. The summed E-state index contributed by atoms with van der Waals surface area (Å²) in [6.45, 7) is 2.67. The van der Waals surface area contributed by atoms with E-state index < -0.39 is 11.9 Å². The van der Waals surface area contributed by atoms with Crippen molar-refractivity contribution in [3.05, 3.63) is 0 Å². The van der Waals surface area contributed by atoms with E-state index in [1.165, 1.54) is 0 Å². The summed E-state index contributed by atoms with van der Waals surface area (Å²) in [7, 11) is 0. The molecule has 3 atom stereocenters. The highest BCUT2D eigenvalue weighted by Gasteiger charge is 2.41. The number of carboxylic acids is 1. The summed E-state index contributed by atoms with van der Waals surface area (Å²) < 4.78 is 0. The highest BCUT2D eigenvalue weighted by molar-refractivity contribution is 5.85. The van der Waals surface area contributed by atoms with E-state index in [0.29, 0.717) is 31.7 Å². The molecule has 1 saturated carbocycles. The summed E-state index contributed by atoms with van der Waals surface area (Å²) >= 11 is 0. The van der Waals surface area contributed by atoms with Gasteiger partial charge in [-0.3, -0.25) is 9.59 Å². The number of hydrogen-bond acceptors (Lipinski definition) is 3. The van der Waals surface area contributed by atoms with Crippen molar-refractivity contribution in [3.8, 4) is 0 Å². The Morgan fingerprint density at radius 2 is 1.89 bits per heavy atom. The number of aliphatic hydroxyl groups is 1. The summed E-state index contributed by atoms with van der Waals surface area (Å²) in [5.41, 5.74) is 0. The lowest BCUT2D eigenvalue weighted by atomic mass is 9.95. The summed E-state index contributed by atoms with van der Waals surface area (Å²) in [5.74, 6) is -1.58. The number of carboxylic acid groups (broad SMARTS) is 1. The van der Waals surface area contributed by atoms with Crippen LogP contribution in [0.3, 0.4) is 0 Å². The Morgan fingerprint density at radius 1 is 1.22 bits per heavy atom. The van der Waals surface area contributed by atoms with Gasteiger partial charge in [0, 0.05) is 13.2 Å². The molecule has 0 aromatic carbocycles. The first-order chi connectivity index (χ1) is 8.60. The van der Waals surface area contributed by atoms with Gasteiger partial charge in [0.15, 0.2) is 0 Å². The lowest BCUT2D eigenvalue weighted by molar-refractivity contribution is -0.146. The van der Waals surface area contributed by atoms with Crippen LogP contribution >= 0.6 is 0 Å². The van der Waals surface area contributed by atoms with Crippen molar-refractivity contribution < 1.29 is 19.8 Å². The van der Waals surface area contributed by atoms with Crippen molar-refractivity contribution in [1.29, 1.82) is 0 Å². The quantitative estimate of drug-likeness (QED) is 0.594. The minimum atomic E-state index is -0.860. The number of unbranched alkanes of at least 4 members (excludes halogenated alkanes) is 1. The van der Waals surface area contributed by atoms with Crippen LogP contribution in [0.1, 0.15) is 39.0 Å². The third kappa shape index (κ3) is 3.98. The van der Waals surface area contributed by atoms with Gasteiger partial charge in [-0.25, -0.2) is 0 Å². The summed E-state index contributed by atoms with van der Waals surface area (Å²) in [6, 6.07) is 0. The molecule has 0 aromatic heterocycles. The van der Waals surface area contributed by atoms with E-state index in [4.69, 9.17) is 10.2 Å². The van der Waals surface area contributed by atoms with E-state index in [2.05, 4.69) is 5.32 Å². The minimum absolute atomic E-state index is 0.120. The van der Waals surface area contributed by atoms with Crippen molar-refractivity contribution in [2.75, 3.05) is 13.2 Å². The number of aliphatic hydroxyl groups excluding tert-OH is 1. The summed E-state index contributed by atoms with van der Waals surface area (Å²) in [5, 5.41) is 20.6. The van der Waals surface area contributed by atoms with Gasteiger partial charge in [-0.15, -0.1) is 0 Å². The van der Waals surface area contributed by atoms with E-state index >= 15 is 0 Å². The molecular weight excluding hydrogens is 234 g/mol. The smallest absolute Gasteiger partial charge is 0.307 e. The first-order valence-electron chi connectivity index (χ1n) is 6.71. The number of amides is 1. The lowest BCUT2D eigenvalue weighted by Crippen LogP contribution is -2.35. The van der Waals surface area contributed by atoms with E-state index in [0.717, 1.165) is 12.8 Å². The summed E-state index contributed by atoms with van der Waals surface area (Å²) in [6.07, 6.45) is 3.60. The molecule has 104 valence electrons. The Hall–Kier alpha value is -1.10. The monoisotopic (exact) mass is 257 g/mol. The number of carbonyl (C=O) groups is 2. The molecule has 5 heteroatoms. The third-order valence-corrected chi connectivity index (χ3v) is 3.78. The van der Waals surface area contributed by atoms with Crippen LogP contribution in [0.4, 0.5) is 0 Å². The van der Waals surface area contributed by atoms with Crippen molar-refractivity contribution in [2.45, 2.75) is 39.0 Å². The average molecular weight is 257 g/mol. The number of aliphatic carboxylic acids is 1. The number of hydrogen-bond donors (Lipinski definition) is 3. The zero-order valence-electron chi connectivity index (χ0n) is 10.9. The predicted molar refractivity (Wildman–Crippen MR) is 67.0 cm³/mol. The van der Waals surface area contributed by atoms with Crippen LogP contribution in [-0.2, 0) is 9.59 Å². The molecule has 0 aromatic rings. The molecule has 0 bridgehead atoms. The second-order valence-corrected chi connectivity index (χ2v) is 5.02. The lowest BCUT2D eigenvalue weighted by Gasteiger charge is -2.15. The van der Waals surface area contributed by atoms with Gasteiger partial charge in [0.25, 0.3) is 0 Å². The van der Waals surface area contributed by atoms with Crippen LogP contribution in [0, 0.1) is 17.8 Å². The first-order valence-corrected chi connectivity index (χ1v) is 6.71. The molecule has 0 spiro atoms. The number of carbonyl (C=O) groups excluding carboxylic acids is 1. The van der Waals surface area contributed by atoms with Gasteiger partial charge in [0.2, 0.25) is 5.91 Å². The Kier molecular flexibility index (Phi) is 6.12. The molecule has 0 radical (unpaired) electrons. The van der Waals surface area contributed by atoms with Crippen LogP contribution in [-0.4, -0.2) is 35.2 Å². The maximum atomic E-state index is 11.9. The molecule has 0 heterocycles. The Labute approximate surface area is 108 Å². The van der Waals surface area contributed by atoms with E-state index in [9.17, 15) is 9.59 Å². The third-order valence-electron chi connectivity index (χ3n) is 3.78. The predicted octanol–water partition coefficient (Wildman–Crippen LogP) is 1.01. The molecule has 5 nitrogen and oxygen atoms in total. The van der Waals surface area contributed by atoms with Gasteiger partial charge >= 0.3 is 5.97 Å². The normalized spacial score (nSPS) is 27.1. The zero-order valence-corrected chi connectivity index (χ0v) is 10.9. The fraction of sp³-hybridized carbons (Fsp3) is 0.846. The van der Waals surface area contributed by atoms with Gasteiger partial charge in [0.05, 0.1) is 11.8 Å². The van der Waals surface area contributed by atoms with E-state index in [1.807, 2.05) is 6.92 Å². The summed E-state index contributed by atoms with van der Waals surface area (Å²) in [4.78, 5) is 23.1. The molecule has 0 saturated heterocycles. The van der Waals surface area contributed by atoms with Crippen molar-refractivity contribution in [1.82, 2.24) is 5.32 Å². The molecular formula is C13H23NO4. The van der Waals surface area contributed by atoms with E-state index in [-0.39, 0.29) is 18.4 Å². The van der Waals surface area contributed by atoms with Crippen molar-refractivity contribution in [2.24, 2.45) is 17.8 Å². The first kappa shape index (κ1) is 15.0. The molecule has 0 aliphatic heterocycles. The minimum Gasteiger partial charge on any atom is -0.481 e. The van der Waals surface area contributed by atoms with Crippen LogP contribution in [0.25, 0.3) is 0 Å². The van der Waals surface area contributed by atoms with Gasteiger partial charge in [-0.1, -0.05) is 13.3 Å². The molecule has 1 aliphatic rings. The highest BCUT2D eigenvalue weighted by Crippen LogP contribution is 2.38. The second kappa shape index (κ2) is 7.36. The van der Waals surface area contributed by atoms with Gasteiger partial charge in [0.1, 0.15) is 0 Å². The molecule has 1 aliphatic carbocycles. The Bertz CT molecular complexity index is 293. The zero-order chi connectivity index (χ0) is 13.5. The molecule has 1 fully saturated rings.